The number of hydrogen-bond donors (Lipinski definition) is 2. The van der Waals surface area contributed by atoms with Gasteiger partial charge in [0.25, 0.3) is 5.95 Å². The van der Waals surface area contributed by atoms with E-state index in [4.69, 9.17) is 0 Å². The van der Waals surface area contributed by atoms with Gasteiger partial charge in [0.05, 0.1) is 12.2 Å². The lowest BCUT2D eigenvalue weighted by Gasteiger charge is -2.22. The highest BCUT2D eigenvalue weighted by Crippen LogP contribution is 2.16. The molecule has 0 saturated carbocycles. The van der Waals surface area contributed by atoms with Gasteiger partial charge in [-0.2, -0.15) is 20.6 Å². The first-order chi connectivity index (χ1) is 6.93. The van der Waals surface area contributed by atoms with E-state index in [-0.39, 0.29) is 0 Å². The van der Waals surface area contributed by atoms with Gasteiger partial charge in [0, 0.05) is 13.0 Å². The minimum absolute atomic E-state index is 0.610. The Hall–Kier alpha value is -1.99. The number of rotatable bonds is 1. The van der Waals surface area contributed by atoms with E-state index in [1.54, 1.807) is 0 Å². The number of fused-ring (bicyclic) bond motifs is 1. The summed E-state index contributed by atoms with van der Waals surface area (Å²) < 4.78 is 0. The summed E-state index contributed by atoms with van der Waals surface area (Å²) in [4.78, 5) is 2.01. The first-order valence-electron chi connectivity index (χ1n) is 4.30. The van der Waals surface area contributed by atoms with Gasteiger partial charge in [-0.3, -0.25) is 0 Å². The predicted molar refractivity (Wildman–Crippen MR) is 45.3 cm³/mol. The van der Waals surface area contributed by atoms with E-state index in [9.17, 15) is 0 Å². The molecular weight excluding hydrogens is 184 g/mol. The van der Waals surface area contributed by atoms with Crippen LogP contribution in [0.5, 0.6) is 0 Å². The van der Waals surface area contributed by atoms with Crippen molar-refractivity contribution in [2.24, 2.45) is 0 Å². The number of aromatic amines is 2. The van der Waals surface area contributed by atoms with E-state index in [1.807, 2.05) is 4.90 Å². The second-order valence-corrected chi connectivity index (χ2v) is 3.10. The summed E-state index contributed by atoms with van der Waals surface area (Å²) in [6.45, 7) is 1.53. The van der Waals surface area contributed by atoms with Crippen LogP contribution < -0.4 is 4.90 Å². The molecule has 3 heterocycles. The summed E-state index contributed by atoms with van der Waals surface area (Å²) in [7, 11) is 0. The highest BCUT2D eigenvalue weighted by Gasteiger charge is 2.21. The van der Waals surface area contributed by atoms with Crippen molar-refractivity contribution in [1.82, 2.24) is 36.0 Å². The zero-order chi connectivity index (χ0) is 9.38. The fourth-order valence-electron chi connectivity index (χ4n) is 1.56. The molecule has 0 bridgehead atoms. The predicted octanol–water partition coefficient (Wildman–Crippen LogP) is -1.12. The average Bonchev–Trinajstić information content (AvgIpc) is 2.88. The molecule has 2 aromatic heterocycles. The number of aromatic nitrogens is 7. The van der Waals surface area contributed by atoms with Crippen LogP contribution in [-0.4, -0.2) is 42.6 Å². The normalized spacial score (nSPS) is 15.6. The number of tetrazole rings is 1. The van der Waals surface area contributed by atoms with Crippen LogP contribution in [0.15, 0.2) is 0 Å². The molecule has 8 heteroatoms. The smallest absolute Gasteiger partial charge is 0.266 e. The molecule has 2 N–H and O–H groups in total. The lowest BCUT2D eigenvalue weighted by atomic mass is 10.1. The summed E-state index contributed by atoms with van der Waals surface area (Å²) in [5.74, 6) is 0.610. The van der Waals surface area contributed by atoms with Crippen LogP contribution in [0.3, 0.4) is 0 Å². The van der Waals surface area contributed by atoms with Crippen molar-refractivity contribution in [2.75, 3.05) is 11.4 Å². The third kappa shape index (κ3) is 1.04. The molecule has 0 spiro atoms. The highest BCUT2D eigenvalue weighted by atomic mass is 15.5. The lowest BCUT2D eigenvalue weighted by molar-refractivity contribution is 0.690. The summed E-state index contributed by atoms with van der Waals surface area (Å²) in [6.07, 6.45) is 0.861. The van der Waals surface area contributed by atoms with Crippen LogP contribution in [0.4, 0.5) is 5.95 Å². The molecule has 8 nitrogen and oxygen atoms in total. The molecule has 72 valence electrons. The first kappa shape index (κ1) is 7.42. The van der Waals surface area contributed by atoms with Gasteiger partial charge in [0.15, 0.2) is 0 Å². The summed E-state index contributed by atoms with van der Waals surface area (Å²) >= 11 is 0. The fourth-order valence-corrected chi connectivity index (χ4v) is 1.56. The molecule has 0 saturated heterocycles. The van der Waals surface area contributed by atoms with Crippen LogP contribution in [-0.2, 0) is 13.0 Å². The fraction of sp³-hybridized carbons (Fsp3) is 0.500. The molecule has 0 radical (unpaired) electrons. The van der Waals surface area contributed by atoms with Crippen LogP contribution in [0, 0.1) is 0 Å². The molecule has 14 heavy (non-hydrogen) atoms. The quantitative estimate of drug-likeness (QED) is 0.593. The van der Waals surface area contributed by atoms with Gasteiger partial charge >= 0.3 is 0 Å². The van der Waals surface area contributed by atoms with E-state index in [0.29, 0.717) is 12.5 Å². The Morgan fingerprint density at radius 2 is 2.00 bits per heavy atom. The topological polar surface area (TPSA) is 99.3 Å². The van der Waals surface area contributed by atoms with E-state index >= 15 is 0 Å². The Labute approximate surface area is 78.7 Å². The molecule has 1 aliphatic heterocycles. The highest BCUT2D eigenvalue weighted by molar-refractivity contribution is 5.32. The molecule has 0 aliphatic carbocycles. The van der Waals surface area contributed by atoms with Crippen molar-refractivity contribution in [3.63, 3.8) is 0 Å². The van der Waals surface area contributed by atoms with Crippen molar-refractivity contribution in [2.45, 2.75) is 13.0 Å². The van der Waals surface area contributed by atoms with Crippen LogP contribution in [0.2, 0.25) is 0 Å². The maximum absolute atomic E-state index is 4.05. The van der Waals surface area contributed by atoms with Gasteiger partial charge in [-0.05, 0) is 5.21 Å². The lowest BCUT2D eigenvalue weighted by Crippen LogP contribution is -2.31. The maximum Gasteiger partial charge on any atom is 0.266 e. The van der Waals surface area contributed by atoms with E-state index in [1.165, 1.54) is 0 Å². The van der Waals surface area contributed by atoms with Gasteiger partial charge in [-0.1, -0.05) is 5.10 Å². The SMILES string of the molecule is C1CN(c2nn[nH]n2)Cc2n[nH]nc21. The van der Waals surface area contributed by atoms with Gasteiger partial charge in [-0.25, -0.2) is 0 Å². The second-order valence-electron chi connectivity index (χ2n) is 3.10. The number of nitrogens with zero attached hydrogens (tertiary/aromatic N) is 6. The zero-order valence-corrected chi connectivity index (χ0v) is 7.30. The molecule has 0 amide bonds. The summed E-state index contributed by atoms with van der Waals surface area (Å²) in [6, 6.07) is 0. The zero-order valence-electron chi connectivity index (χ0n) is 7.30. The minimum atomic E-state index is 0.610. The Balaban J connectivity index is 1.88. The maximum atomic E-state index is 4.05. The number of anilines is 1. The van der Waals surface area contributed by atoms with E-state index in [0.717, 1.165) is 24.4 Å². The third-order valence-corrected chi connectivity index (χ3v) is 2.28. The van der Waals surface area contributed by atoms with E-state index in [2.05, 4.69) is 36.0 Å². The Morgan fingerprint density at radius 3 is 2.86 bits per heavy atom. The van der Waals surface area contributed by atoms with Gasteiger partial charge in [0.2, 0.25) is 0 Å². The van der Waals surface area contributed by atoms with Crippen LogP contribution in [0.25, 0.3) is 0 Å². The standard InChI is InChI=1S/C6H8N8/c1-2-14(6-9-12-13-10-6)3-5-4(1)7-11-8-5/h1-3H2,(H,7,8,11)(H,9,10,12,13). The molecule has 0 aromatic carbocycles. The third-order valence-electron chi connectivity index (χ3n) is 2.28. The number of hydrogen-bond acceptors (Lipinski definition) is 6. The van der Waals surface area contributed by atoms with Gasteiger partial charge in [0.1, 0.15) is 5.69 Å². The first-order valence-corrected chi connectivity index (χ1v) is 4.30. The molecule has 2 aromatic rings. The molecule has 1 aliphatic rings. The Morgan fingerprint density at radius 1 is 1.07 bits per heavy atom. The molecule has 0 unspecified atom stereocenters. The van der Waals surface area contributed by atoms with Crippen molar-refractivity contribution in [1.29, 1.82) is 0 Å². The second kappa shape index (κ2) is 2.76. The Kier molecular flexibility index (Phi) is 1.46. The summed E-state index contributed by atoms with van der Waals surface area (Å²) in [5, 5.41) is 24.5. The van der Waals surface area contributed by atoms with Gasteiger partial charge in [-0.15, -0.1) is 5.10 Å². The molecular formula is C6H8N8. The van der Waals surface area contributed by atoms with Crippen molar-refractivity contribution >= 4 is 5.95 Å². The largest absolute Gasteiger partial charge is 0.332 e. The monoisotopic (exact) mass is 192 g/mol. The van der Waals surface area contributed by atoms with Crippen LogP contribution >= 0.6 is 0 Å². The average molecular weight is 192 g/mol. The van der Waals surface area contributed by atoms with Crippen molar-refractivity contribution in [3.8, 4) is 0 Å². The van der Waals surface area contributed by atoms with E-state index < -0.39 is 0 Å². The minimum Gasteiger partial charge on any atom is -0.332 e. The van der Waals surface area contributed by atoms with Gasteiger partial charge < -0.3 is 4.90 Å². The number of H-pyrrole nitrogens is 2. The van der Waals surface area contributed by atoms with Crippen molar-refractivity contribution < 1.29 is 0 Å². The van der Waals surface area contributed by atoms with Crippen LogP contribution in [0.1, 0.15) is 11.4 Å². The van der Waals surface area contributed by atoms with Crippen molar-refractivity contribution in [3.05, 3.63) is 11.4 Å². The number of nitrogens with one attached hydrogen (secondary N) is 2. The molecule has 0 fully saturated rings. The Bertz CT molecular complexity index is 417. The molecule has 0 atom stereocenters. The molecule has 3 rings (SSSR count). The summed E-state index contributed by atoms with van der Waals surface area (Å²) in [5.41, 5.74) is 1.99.